The molecule has 0 radical (unpaired) electrons. The van der Waals surface area contributed by atoms with Crippen molar-refractivity contribution in [1.29, 1.82) is 0 Å². The predicted molar refractivity (Wildman–Crippen MR) is 69.6 cm³/mol. The molecular weight excluding hydrogens is 252 g/mol. The molecule has 18 heavy (non-hydrogen) atoms. The third-order valence-corrected chi connectivity index (χ3v) is 3.66. The molecule has 0 saturated heterocycles. The van der Waals surface area contributed by atoms with E-state index in [-0.39, 0.29) is 5.03 Å². The largest absolute Gasteiger partial charge is 0.397 e. The van der Waals surface area contributed by atoms with Crippen molar-refractivity contribution in [1.82, 2.24) is 9.55 Å². The molecule has 0 amide bonds. The lowest BCUT2D eigenvalue weighted by Crippen LogP contribution is -2.14. The summed E-state index contributed by atoms with van der Waals surface area (Å²) in [5.41, 5.74) is 7.38. The molecule has 2 aromatic rings. The van der Waals surface area contributed by atoms with E-state index >= 15 is 0 Å². The topological polar surface area (TPSA) is 90.0 Å². The molecule has 1 heterocycles. The van der Waals surface area contributed by atoms with Crippen LogP contribution in [0.4, 0.5) is 11.4 Å². The number of anilines is 2. The molecule has 0 spiro atoms. The fourth-order valence-electron chi connectivity index (χ4n) is 1.48. The zero-order valence-electron chi connectivity index (χ0n) is 10.1. The Hall–Kier alpha value is -2.02. The summed E-state index contributed by atoms with van der Waals surface area (Å²) in [6.45, 7) is 1.86. The Bertz CT molecular complexity index is 676. The fraction of sp³-hybridized carbons (Fsp3) is 0.182. The van der Waals surface area contributed by atoms with Crippen LogP contribution in [0.25, 0.3) is 0 Å². The summed E-state index contributed by atoms with van der Waals surface area (Å²) in [4.78, 5) is 3.81. The number of nitrogens with two attached hydrogens (primary N) is 1. The number of hydrogen-bond acceptors (Lipinski definition) is 4. The van der Waals surface area contributed by atoms with Crippen LogP contribution in [0.5, 0.6) is 0 Å². The number of hydrogen-bond donors (Lipinski definition) is 2. The van der Waals surface area contributed by atoms with Crippen molar-refractivity contribution in [2.24, 2.45) is 7.05 Å². The Labute approximate surface area is 106 Å². The third-order valence-electron chi connectivity index (χ3n) is 2.41. The minimum atomic E-state index is -3.69. The average Bonchev–Trinajstić information content (AvgIpc) is 2.71. The molecule has 0 bridgehead atoms. The van der Waals surface area contributed by atoms with Crippen LogP contribution in [0.15, 0.2) is 35.7 Å². The van der Waals surface area contributed by atoms with Crippen molar-refractivity contribution in [3.05, 3.63) is 36.3 Å². The van der Waals surface area contributed by atoms with Crippen molar-refractivity contribution >= 4 is 21.4 Å². The van der Waals surface area contributed by atoms with Gasteiger partial charge in [-0.05, 0) is 24.6 Å². The Balaban J connectivity index is 2.36. The Morgan fingerprint density at radius 2 is 2.11 bits per heavy atom. The minimum absolute atomic E-state index is 0.0362. The van der Waals surface area contributed by atoms with E-state index in [9.17, 15) is 8.42 Å². The molecule has 3 N–H and O–H groups in total. The highest BCUT2D eigenvalue weighted by Gasteiger charge is 2.18. The summed E-state index contributed by atoms with van der Waals surface area (Å²) in [5.74, 6) is 0. The van der Waals surface area contributed by atoms with Crippen LogP contribution in [0.2, 0.25) is 0 Å². The van der Waals surface area contributed by atoms with Crippen molar-refractivity contribution in [3.8, 4) is 0 Å². The maximum absolute atomic E-state index is 12.0. The zero-order valence-corrected chi connectivity index (χ0v) is 10.9. The highest BCUT2D eigenvalue weighted by Crippen LogP contribution is 2.22. The monoisotopic (exact) mass is 266 g/mol. The highest BCUT2D eigenvalue weighted by atomic mass is 32.2. The van der Waals surface area contributed by atoms with Crippen molar-refractivity contribution in [2.45, 2.75) is 11.9 Å². The van der Waals surface area contributed by atoms with Gasteiger partial charge in [0.05, 0.1) is 17.7 Å². The SMILES string of the molecule is Cc1ccc(N)c(NS(=O)(=O)c2cn(C)cn2)c1. The quantitative estimate of drug-likeness (QED) is 0.814. The van der Waals surface area contributed by atoms with Crippen LogP contribution >= 0.6 is 0 Å². The summed E-state index contributed by atoms with van der Waals surface area (Å²) in [6, 6.07) is 5.15. The van der Waals surface area contributed by atoms with Crippen LogP contribution in [-0.2, 0) is 17.1 Å². The maximum Gasteiger partial charge on any atom is 0.281 e. The molecule has 0 aliphatic heterocycles. The van der Waals surface area contributed by atoms with Crippen LogP contribution in [0, 0.1) is 6.92 Å². The van der Waals surface area contributed by atoms with Crippen LogP contribution in [-0.4, -0.2) is 18.0 Å². The number of aromatic nitrogens is 2. The predicted octanol–water partition coefficient (Wildman–Crippen LogP) is 1.11. The summed E-state index contributed by atoms with van der Waals surface area (Å²) < 4.78 is 28.1. The summed E-state index contributed by atoms with van der Waals surface area (Å²) in [5, 5.41) is -0.0362. The zero-order chi connectivity index (χ0) is 13.3. The Morgan fingerprint density at radius 3 is 2.72 bits per heavy atom. The first-order valence-corrected chi connectivity index (χ1v) is 6.74. The molecule has 1 aromatic heterocycles. The molecular formula is C11H14N4O2S. The van der Waals surface area contributed by atoms with Crippen molar-refractivity contribution in [2.75, 3.05) is 10.5 Å². The molecule has 0 aliphatic rings. The molecule has 0 aliphatic carbocycles. The molecule has 0 unspecified atom stereocenters. The van der Waals surface area contributed by atoms with Crippen LogP contribution < -0.4 is 10.5 Å². The first-order chi connectivity index (χ1) is 8.38. The first-order valence-electron chi connectivity index (χ1n) is 5.25. The lowest BCUT2D eigenvalue weighted by atomic mass is 10.2. The van der Waals surface area contributed by atoms with E-state index in [2.05, 4.69) is 9.71 Å². The fourth-order valence-corrected chi connectivity index (χ4v) is 2.54. The lowest BCUT2D eigenvalue weighted by molar-refractivity contribution is 0.598. The minimum Gasteiger partial charge on any atom is -0.397 e. The van der Waals surface area contributed by atoms with E-state index < -0.39 is 10.0 Å². The lowest BCUT2D eigenvalue weighted by Gasteiger charge is -2.09. The van der Waals surface area contributed by atoms with Crippen molar-refractivity contribution in [3.63, 3.8) is 0 Å². The number of imidazole rings is 1. The van der Waals surface area contributed by atoms with Gasteiger partial charge in [0.1, 0.15) is 0 Å². The Morgan fingerprint density at radius 1 is 1.39 bits per heavy atom. The van der Waals surface area contributed by atoms with Crippen LogP contribution in [0.3, 0.4) is 0 Å². The smallest absolute Gasteiger partial charge is 0.281 e. The molecule has 6 nitrogen and oxygen atoms in total. The maximum atomic E-state index is 12.0. The van der Waals surface area contributed by atoms with Gasteiger partial charge in [-0.1, -0.05) is 6.07 Å². The normalized spacial score (nSPS) is 11.4. The first kappa shape index (κ1) is 12.4. The second-order valence-electron chi connectivity index (χ2n) is 4.07. The number of nitrogens with one attached hydrogen (secondary N) is 1. The molecule has 0 saturated carbocycles. The third kappa shape index (κ3) is 2.45. The number of rotatable bonds is 3. The van der Waals surface area contributed by atoms with E-state index in [4.69, 9.17) is 5.73 Å². The number of sulfonamides is 1. The van der Waals surface area contributed by atoms with E-state index in [1.54, 1.807) is 23.7 Å². The van der Waals surface area contributed by atoms with Gasteiger partial charge in [-0.25, -0.2) is 4.98 Å². The standard InChI is InChI=1S/C11H14N4O2S/c1-8-3-4-9(12)10(5-8)14-18(16,17)11-6-15(2)7-13-11/h3-7,14H,12H2,1-2H3. The van der Waals surface area contributed by atoms with Gasteiger partial charge in [0, 0.05) is 13.2 Å². The van der Waals surface area contributed by atoms with Gasteiger partial charge < -0.3 is 10.3 Å². The van der Waals surface area contributed by atoms with E-state index in [0.29, 0.717) is 11.4 Å². The van der Waals surface area contributed by atoms with Crippen molar-refractivity contribution < 1.29 is 8.42 Å². The molecule has 7 heteroatoms. The summed E-state index contributed by atoms with van der Waals surface area (Å²) >= 11 is 0. The second kappa shape index (κ2) is 4.34. The highest BCUT2D eigenvalue weighted by molar-refractivity contribution is 7.92. The average molecular weight is 266 g/mol. The molecule has 96 valence electrons. The van der Waals surface area contributed by atoms with Gasteiger partial charge in [0.2, 0.25) is 0 Å². The van der Waals surface area contributed by atoms with Gasteiger partial charge in [-0.2, -0.15) is 8.42 Å². The summed E-state index contributed by atoms with van der Waals surface area (Å²) in [7, 11) is -1.99. The van der Waals surface area contributed by atoms with E-state index in [1.807, 2.05) is 13.0 Å². The number of nitrogen functional groups attached to an aromatic ring is 1. The van der Waals surface area contributed by atoms with Gasteiger partial charge in [0.15, 0.2) is 5.03 Å². The summed E-state index contributed by atoms with van der Waals surface area (Å²) in [6.07, 6.45) is 2.85. The van der Waals surface area contributed by atoms with E-state index in [0.717, 1.165) is 5.56 Å². The van der Waals surface area contributed by atoms with Gasteiger partial charge in [-0.15, -0.1) is 0 Å². The molecule has 0 fully saturated rings. The second-order valence-corrected chi connectivity index (χ2v) is 5.70. The van der Waals surface area contributed by atoms with E-state index in [1.165, 1.54) is 12.5 Å². The Kier molecular flexibility index (Phi) is 3.00. The number of nitrogens with zero attached hydrogens (tertiary/aromatic N) is 2. The molecule has 0 atom stereocenters. The number of benzene rings is 1. The number of aryl methyl sites for hydroxylation is 2. The van der Waals surface area contributed by atoms with Gasteiger partial charge >= 0.3 is 0 Å². The van der Waals surface area contributed by atoms with Crippen LogP contribution in [0.1, 0.15) is 5.56 Å². The molecule has 2 rings (SSSR count). The van der Waals surface area contributed by atoms with Gasteiger partial charge in [0.25, 0.3) is 10.0 Å². The van der Waals surface area contributed by atoms with Gasteiger partial charge in [-0.3, -0.25) is 4.72 Å². The molecule has 1 aromatic carbocycles.